The predicted octanol–water partition coefficient (Wildman–Crippen LogP) is 1.13. The normalized spacial score (nSPS) is 6.62. The van der Waals surface area contributed by atoms with Crippen LogP contribution in [0, 0.1) is 12.0 Å². The SMILES string of the molecule is C=CCNC#CCC. The van der Waals surface area contributed by atoms with E-state index in [1.807, 2.05) is 6.92 Å². The third kappa shape index (κ3) is 5.10. The smallest absolute Gasteiger partial charge is 0.0407 e. The van der Waals surface area contributed by atoms with E-state index >= 15 is 0 Å². The Balaban J connectivity index is 3.02. The van der Waals surface area contributed by atoms with E-state index in [0.717, 1.165) is 13.0 Å². The minimum atomic E-state index is 0.771. The molecule has 0 fully saturated rings. The first-order valence-electron chi connectivity index (χ1n) is 2.73. The fourth-order valence-corrected chi connectivity index (χ4v) is 0.274. The second-order valence-corrected chi connectivity index (χ2v) is 1.32. The summed E-state index contributed by atoms with van der Waals surface area (Å²) >= 11 is 0. The fourth-order valence-electron chi connectivity index (χ4n) is 0.274. The van der Waals surface area contributed by atoms with Crippen LogP contribution in [0.15, 0.2) is 12.7 Å². The molecule has 1 nitrogen and oxygen atoms in total. The van der Waals surface area contributed by atoms with Gasteiger partial charge in [0.2, 0.25) is 0 Å². The summed E-state index contributed by atoms with van der Waals surface area (Å²) in [6, 6.07) is 2.76. The summed E-state index contributed by atoms with van der Waals surface area (Å²) in [6.45, 7) is 6.32. The zero-order valence-electron chi connectivity index (χ0n) is 5.20. The van der Waals surface area contributed by atoms with Crippen molar-refractivity contribution in [2.75, 3.05) is 6.54 Å². The average Bonchev–Trinajstić information content (AvgIpc) is 1.81. The molecule has 0 aliphatic rings. The molecule has 0 aromatic rings. The summed E-state index contributed by atoms with van der Waals surface area (Å²) in [7, 11) is 0. The first-order valence-corrected chi connectivity index (χ1v) is 2.73. The van der Waals surface area contributed by atoms with Gasteiger partial charge in [0, 0.05) is 19.0 Å². The summed E-state index contributed by atoms with van der Waals surface area (Å²) in [4.78, 5) is 0. The molecule has 44 valence electrons. The van der Waals surface area contributed by atoms with E-state index in [1.54, 1.807) is 6.08 Å². The van der Waals surface area contributed by atoms with Gasteiger partial charge in [-0.1, -0.05) is 18.9 Å². The lowest BCUT2D eigenvalue weighted by Crippen LogP contribution is -2.03. The van der Waals surface area contributed by atoms with E-state index in [2.05, 4.69) is 23.9 Å². The van der Waals surface area contributed by atoms with Gasteiger partial charge >= 0.3 is 0 Å². The van der Waals surface area contributed by atoms with Crippen LogP contribution in [0.25, 0.3) is 0 Å². The lowest BCUT2D eigenvalue weighted by molar-refractivity contribution is 1.02. The number of rotatable bonds is 2. The molecule has 0 aliphatic carbocycles. The van der Waals surface area contributed by atoms with E-state index in [-0.39, 0.29) is 0 Å². The van der Waals surface area contributed by atoms with Crippen molar-refractivity contribution in [3.63, 3.8) is 0 Å². The highest BCUT2D eigenvalue weighted by Gasteiger charge is 1.64. The first-order chi connectivity index (χ1) is 3.91. The van der Waals surface area contributed by atoms with Crippen LogP contribution in [0.4, 0.5) is 0 Å². The lowest BCUT2D eigenvalue weighted by Gasteiger charge is -1.84. The zero-order valence-corrected chi connectivity index (χ0v) is 5.20. The Bertz CT molecular complexity index is 105. The molecule has 0 spiro atoms. The van der Waals surface area contributed by atoms with Gasteiger partial charge in [-0.25, -0.2) is 0 Å². The maximum atomic E-state index is 3.53. The van der Waals surface area contributed by atoms with Gasteiger partial charge in [0.15, 0.2) is 0 Å². The van der Waals surface area contributed by atoms with Gasteiger partial charge in [-0.2, -0.15) is 0 Å². The highest BCUT2D eigenvalue weighted by atomic mass is 14.8. The summed E-state index contributed by atoms with van der Waals surface area (Å²) in [5, 5.41) is 2.86. The Morgan fingerprint density at radius 2 is 2.50 bits per heavy atom. The van der Waals surface area contributed by atoms with E-state index in [4.69, 9.17) is 0 Å². The second-order valence-electron chi connectivity index (χ2n) is 1.32. The molecule has 0 saturated heterocycles. The quantitative estimate of drug-likeness (QED) is 0.242. The molecule has 0 bridgehead atoms. The molecule has 0 rings (SSSR count). The van der Waals surface area contributed by atoms with E-state index in [1.165, 1.54) is 0 Å². The van der Waals surface area contributed by atoms with Crippen molar-refractivity contribution >= 4 is 0 Å². The highest BCUT2D eigenvalue weighted by molar-refractivity contribution is 4.96. The molecule has 1 N–H and O–H groups in total. The number of nitrogens with one attached hydrogen (secondary N) is 1. The average molecular weight is 109 g/mol. The summed E-state index contributed by atoms with van der Waals surface area (Å²) < 4.78 is 0. The van der Waals surface area contributed by atoms with Gasteiger partial charge in [-0.15, -0.1) is 6.58 Å². The predicted molar refractivity (Wildman–Crippen MR) is 36.3 cm³/mol. The molecular formula is C7H11N. The molecule has 1 heteroatoms. The standard InChI is InChI=1S/C7H11N/c1-3-5-7-8-6-4-2/h4,8H,2-3,6H2,1H3. The van der Waals surface area contributed by atoms with Gasteiger partial charge < -0.3 is 5.32 Å². The van der Waals surface area contributed by atoms with Crippen molar-refractivity contribution < 1.29 is 0 Å². The minimum Gasteiger partial charge on any atom is -0.342 e. The van der Waals surface area contributed by atoms with Crippen LogP contribution in [0.3, 0.4) is 0 Å². The van der Waals surface area contributed by atoms with Gasteiger partial charge in [0.1, 0.15) is 0 Å². The van der Waals surface area contributed by atoms with Gasteiger partial charge in [-0.05, 0) is 0 Å². The molecule has 0 heterocycles. The van der Waals surface area contributed by atoms with E-state index in [9.17, 15) is 0 Å². The van der Waals surface area contributed by atoms with E-state index in [0.29, 0.717) is 0 Å². The Morgan fingerprint density at radius 1 is 1.75 bits per heavy atom. The minimum absolute atomic E-state index is 0.771. The van der Waals surface area contributed by atoms with Gasteiger partial charge in [0.25, 0.3) is 0 Å². The van der Waals surface area contributed by atoms with Crippen LogP contribution in [0.2, 0.25) is 0 Å². The molecule has 0 radical (unpaired) electrons. The first kappa shape index (κ1) is 7.10. The maximum Gasteiger partial charge on any atom is 0.0407 e. The molecule has 0 amide bonds. The monoisotopic (exact) mass is 109 g/mol. The zero-order chi connectivity index (χ0) is 6.24. The van der Waals surface area contributed by atoms with Crippen LogP contribution in [0.1, 0.15) is 13.3 Å². The van der Waals surface area contributed by atoms with Crippen molar-refractivity contribution in [1.82, 2.24) is 5.32 Å². The summed E-state index contributed by atoms with van der Waals surface area (Å²) in [6.07, 6.45) is 2.69. The van der Waals surface area contributed by atoms with Crippen LogP contribution < -0.4 is 5.32 Å². The highest BCUT2D eigenvalue weighted by Crippen LogP contribution is 1.63. The number of hydrogen-bond donors (Lipinski definition) is 1. The molecule has 0 atom stereocenters. The number of hydrogen-bond acceptors (Lipinski definition) is 1. The third-order valence-corrected chi connectivity index (χ3v) is 0.600. The Morgan fingerprint density at radius 3 is 3.00 bits per heavy atom. The van der Waals surface area contributed by atoms with Crippen molar-refractivity contribution in [3.8, 4) is 12.0 Å². The molecule has 0 aromatic carbocycles. The van der Waals surface area contributed by atoms with E-state index < -0.39 is 0 Å². The van der Waals surface area contributed by atoms with Crippen LogP contribution in [0.5, 0.6) is 0 Å². The van der Waals surface area contributed by atoms with Crippen molar-refractivity contribution in [2.45, 2.75) is 13.3 Å². The largest absolute Gasteiger partial charge is 0.342 e. The molecule has 0 aliphatic heterocycles. The third-order valence-electron chi connectivity index (χ3n) is 0.600. The van der Waals surface area contributed by atoms with Crippen LogP contribution >= 0.6 is 0 Å². The Kier molecular flexibility index (Phi) is 5.41. The van der Waals surface area contributed by atoms with Crippen molar-refractivity contribution in [3.05, 3.63) is 12.7 Å². The second kappa shape index (κ2) is 6.10. The summed E-state index contributed by atoms with van der Waals surface area (Å²) in [5.74, 6) is 2.87. The molecule has 0 unspecified atom stereocenters. The molecule has 0 saturated carbocycles. The topological polar surface area (TPSA) is 12.0 Å². The van der Waals surface area contributed by atoms with Crippen molar-refractivity contribution in [1.29, 1.82) is 0 Å². The Hall–Kier alpha value is -0.900. The lowest BCUT2D eigenvalue weighted by atomic mass is 10.5. The van der Waals surface area contributed by atoms with Gasteiger partial charge in [-0.3, -0.25) is 0 Å². The van der Waals surface area contributed by atoms with Crippen LogP contribution in [-0.2, 0) is 0 Å². The molecule has 8 heavy (non-hydrogen) atoms. The fraction of sp³-hybridized carbons (Fsp3) is 0.429. The van der Waals surface area contributed by atoms with Gasteiger partial charge in [0.05, 0.1) is 0 Å². The summed E-state index contributed by atoms with van der Waals surface area (Å²) in [5.41, 5.74) is 0. The molecular weight excluding hydrogens is 98.1 g/mol. The maximum absolute atomic E-state index is 3.53. The van der Waals surface area contributed by atoms with Crippen molar-refractivity contribution in [2.24, 2.45) is 0 Å². The molecule has 0 aromatic heterocycles. The Labute approximate surface area is 50.8 Å². The van der Waals surface area contributed by atoms with Crippen LogP contribution in [-0.4, -0.2) is 6.54 Å².